The van der Waals surface area contributed by atoms with Crippen LogP contribution in [0.15, 0.2) is 24.3 Å². The second-order valence-corrected chi connectivity index (χ2v) is 9.90. The monoisotopic (exact) mass is 440 g/mol. The van der Waals surface area contributed by atoms with Crippen molar-refractivity contribution in [3.63, 3.8) is 0 Å². The lowest BCUT2D eigenvalue weighted by Crippen LogP contribution is -2.71. The molecule has 0 saturated carbocycles. The first-order valence-corrected chi connectivity index (χ1v) is 11.5. The number of ether oxygens (including phenoxy) is 3. The number of carbonyl (C=O) groups is 2. The number of likely N-dealkylation sites (tertiary alicyclic amines) is 1. The molecule has 0 N–H and O–H groups in total. The van der Waals surface area contributed by atoms with Crippen molar-refractivity contribution in [1.29, 1.82) is 0 Å². The molecule has 32 heavy (non-hydrogen) atoms. The van der Waals surface area contributed by atoms with Gasteiger partial charge in [0.05, 0.1) is 17.6 Å². The van der Waals surface area contributed by atoms with Crippen LogP contribution < -0.4 is 9.47 Å². The molecule has 3 heterocycles. The van der Waals surface area contributed by atoms with Crippen molar-refractivity contribution in [1.82, 2.24) is 9.80 Å². The third-order valence-corrected chi connectivity index (χ3v) is 7.92. The number of hydrogen-bond donors (Lipinski definition) is 0. The Morgan fingerprint density at radius 2 is 2.00 bits per heavy atom. The molecule has 0 radical (unpaired) electrons. The van der Waals surface area contributed by atoms with E-state index in [1.165, 1.54) is 0 Å². The van der Waals surface area contributed by atoms with Crippen molar-refractivity contribution in [2.45, 2.75) is 63.3 Å². The van der Waals surface area contributed by atoms with Crippen molar-refractivity contribution in [2.75, 3.05) is 27.5 Å². The largest absolute Gasteiger partial charge is 0.454 e. The summed E-state index contributed by atoms with van der Waals surface area (Å²) in [6, 6.07) is 3.84. The highest BCUT2D eigenvalue weighted by Gasteiger charge is 2.75. The molecule has 1 aromatic rings. The number of fused-ring (bicyclic) bond motifs is 2. The van der Waals surface area contributed by atoms with E-state index >= 15 is 0 Å². The van der Waals surface area contributed by atoms with Crippen molar-refractivity contribution in [2.24, 2.45) is 5.92 Å². The summed E-state index contributed by atoms with van der Waals surface area (Å²) < 4.78 is 17.0. The van der Waals surface area contributed by atoms with Gasteiger partial charge < -0.3 is 19.1 Å². The van der Waals surface area contributed by atoms with Gasteiger partial charge in [0.15, 0.2) is 22.8 Å². The molecule has 0 unspecified atom stereocenters. The Hall–Kier alpha value is -2.38. The van der Waals surface area contributed by atoms with Crippen LogP contribution in [0.2, 0.25) is 0 Å². The third kappa shape index (κ3) is 2.55. The highest BCUT2D eigenvalue weighted by molar-refractivity contribution is 6.15. The maximum atomic E-state index is 14.1. The molecule has 4 atom stereocenters. The molecule has 1 aromatic carbocycles. The van der Waals surface area contributed by atoms with Crippen LogP contribution in [-0.2, 0) is 26.3 Å². The first-order valence-electron chi connectivity index (χ1n) is 11.5. The normalized spacial score (nSPS) is 32.8. The number of hydrogen-bond acceptors (Lipinski definition) is 6. The molecule has 7 nitrogen and oxygen atoms in total. The molecule has 172 valence electrons. The minimum Gasteiger partial charge on any atom is -0.454 e. The SMILES string of the molecule is CO[C@@H]1C=C[C@@]23c4cc5c(cc4CN(CCC(C)C)[C@]2(C(C)=O)C(=O)N(C)[C@H]3C1)OCO5. The highest BCUT2D eigenvalue weighted by atomic mass is 16.7. The average molecular weight is 441 g/mol. The molecule has 4 aliphatic rings. The molecule has 1 aliphatic carbocycles. The van der Waals surface area contributed by atoms with Crippen LogP contribution in [0, 0.1) is 5.92 Å². The Bertz CT molecular complexity index is 1000. The number of methoxy groups -OCH3 is 1. The van der Waals surface area contributed by atoms with Crippen molar-refractivity contribution in [3.8, 4) is 11.5 Å². The Morgan fingerprint density at radius 3 is 2.66 bits per heavy atom. The van der Waals surface area contributed by atoms with E-state index in [1.807, 2.05) is 25.3 Å². The summed E-state index contributed by atoms with van der Waals surface area (Å²) in [5.41, 5.74) is -0.0163. The quantitative estimate of drug-likeness (QED) is 0.518. The summed E-state index contributed by atoms with van der Waals surface area (Å²) in [5.74, 6) is 1.63. The Balaban J connectivity index is 1.81. The fourth-order valence-electron chi connectivity index (χ4n) is 6.44. The number of carbonyl (C=O) groups excluding carboxylic acids is 2. The summed E-state index contributed by atoms with van der Waals surface area (Å²) in [6.45, 7) is 7.29. The highest BCUT2D eigenvalue weighted by Crippen LogP contribution is 2.59. The van der Waals surface area contributed by atoms with Crippen LogP contribution >= 0.6 is 0 Å². The van der Waals surface area contributed by atoms with Gasteiger partial charge >= 0.3 is 0 Å². The molecule has 7 heteroatoms. The number of nitrogens with zero attached hydrogens (tertiary/aromatic N) is 2. The summed E-state index contributed by atoms with van der Waals surface area (Å²) in [5, 5.41) is 0. The molecular formula is C25H32N2O5. The van der Waals surface area contributed by atoms with E-state index in [4.69, 9.17) is 14.2 Å². The molecule has 0 aromatic heterocycles. The molecule has 1 amide bonds. The predicted molar refractivity (Wildman–Crippen MR) is 119 cm³/mol. The summed E-state index contributed by atoms with van der Waals surface area (Å²) in [7, 11) is 3.51. The van der Waals surface area contributed by atoms with Crippen LogP contribution in [0.25, 0.3) is 0 Å². The van der Waals surface area contributed by atoms with Gasteiger partial charge in [-0.1, -0.05) is 26.0 Å². The molecule has 3 aliphatic heterocycles. The van der Waals surface area contributed by atoms with Crippen LogP contribution in [0.4, 0.5) is 0 Å². The topological polar surface area (TPSA) is 68.3 Å². The third-order valence-electron chi connectivity index (χ3n) is 7.92. The van der Waals surface area contributed by atoms with Gasteiger partial charge in [0.25, 0.3) is 5.91 Å². The lowest BCUT2D eigenvalue weighted by atomic mass is 9.55. The van der Waals surface area contributed by atoms with Gasteiger partial charge in [-0.3, -0.25) is 14.5 Å². The fourth-order valence-corrected chi connectivity index (χ4v) is 6.44. The van der Waals surface area contributed by atoms with E-state index in [0.717, 1.165) is 23.3 Å². The summed E-state index contributed by atoms with van der Waals surface area (Å²) in [6.07, 6.45) is 5.54. The lowest BCUT2D eigenvalue weighted by molar-refractivity contribution is -0.149. The number of benzene rings is 1. The number of amides is 1. The number of likely N-dealkylation sites (N-methyl/N-ethyl adjacent to an activating group) is 1. The zero-order chi connectivity index (χ0) is 22.8. The summed E-state index contributed by atoms with van der Waals surface area (Å²) in [4.78, 5) is 31.7. The molecule has 0 bridgehead atoms. The van der Waals surface area contributed by atoms with Gasteiger partial charge in [0.2, 0.25) is 6.79 Å². The minimum atomic E-state index is -1.28. The van der Waals surface area contributed by atoms with Crippen LogP contribution in [0.3, 0.4) is 0 Å². The van der Waals surface area contributed by atoms with Crippen molar-refractivity contribution < 1.29 is 23.8 Å². The van der Waals surface area contributed by atoms with Gasteiger partial charge in [0, 0.05) is 27.2 Å². The van der Waals surface area contributed by atoms with Crippen LogP contribution in [-0.4, -0.2) is 66.7 Å². The molecule has 1 spiro atoms. The van der Waals surface area contributed by atoms with Crippen molar-refractivity contribution in [3.05, 3.63) is 35.4 Å². The van der Waals surface area contributed by atoms with Crippen LogP contribution in [0.1, 0.15) is 44.7 Å². The number of rotatable bonds is 5. The second kappa shape index (κ2) is 7.32. The van der Waals surface area contributed by atoms with Gasteiger partial charge in [-0.25, -0.2) is 0 Å². The second-order valence-electron chi connectivity index (χ2n) is 9.90. The van der Waals surface area contributed by atoms with Gasteiger partial charge in [-0.2, -0.15) is 0 Å². The van der Waals surface area contributed by atoms with Gasteiger partial charge in [0.1, 0.15) is 0 Å². The predicted octanol–water partition coefficient (Wildman–Crippen LogP) is 2.66. The van der Waals surface area contributed by atoms with E-state index in [-0.39, 0.29) is 30.6 Å². The maximum absolute atomic E-state index is 14.1. The van der Waals surface area contributed by atoms with E-state index in [1.54, 1.807) is 18.9 Å². The number of ketones is 1. The fraction of sp³-hybridized carbons (Fsp3) is 0.600. The number of Topliss-reactive ketones (excluding diaryl/α,β-unsaturated/α-hetero) is 1. The van der Waals surface area contributed by atoms with Gasteiger partial charge in [-0.05, 0) is 48.9 Å². The molecule has 1 fully saturated rings. The first-order chi connectivity index (χ1) is 15.3. The van der Waals surface area contributed by atoms with Gasteiger partial charge in [-0.15, -0.1) is 0 Å². The standard InChI is InChI=1S/C25H32N2O5/c1-15(2)7-9-27-13-17-10-20-21(32-14-31-20)12-19(17)24-8-6-18(30-5)11-22(24)26(4)23(29)25(24,27)16(3)28/h6,8,10,12,15,18,22H,7,9,11,13-14H2,1-5H3/t18-,22+,24+,25-/m1/s1. The average Bonchev–Trinajstić information content (AvgIpc) is 3.30. The van der Waals surface area contributed by atoms with E-state index in [2.05, 4.69) is 24.8 Å². The van der Waals surface area contributed by atoms with Crippen molar-refractivity contribution >= 4 is 11.7 Å². The Kier molecular flexibility index (Phi) is 4.91. The van der Waals surface area contributed by atoms with E-state index in [9.17, 15) is 9.59 Å². The van der Waals surface area contributed by atoms with Crippen LogP contribution in [0.5, 0.6) is 11.5 Å². The van der Waals surface area contributed by atoms with E-state index in [0.29, 0.717) is 31.2 Å². The maximum Gasteiger partial charge on any atom is 0.252 e. The van der Waals surface area contributed by atoms with E-state index < -0.39 is 11.0 Å². The zero-order valence-electron chi connectivity index (χ0n) is 19.5. The Morgan fingerprint density at radius 1 is 1.28 bits per heavy atom. The lowest BCUT2D eigenvalue weighted by Gasteiger charge is -2.54. The first kappa shape index (κ1) is 21.5. The minimum absolute atomic E-state index is 0.105. The summed E-state index contributed by atoms with van der Waals surface area (Å²) >= 11 is 0. The molecule has 5 rings (SSSR count). The smallest absolute Gasteiger partial charge is 0.252 e. The molecular weight excluding hydrogens is 408 g/mol. The Labute approximate surface area is 189 Å². The molecule has 1 saturated heterocycles. The zero-order valence-corrected chi connectivity index (χ0v) is 19.5.